The van der Waals surface area contributed by atoms with E-state index < -0.39 is 0 Å². The predicted molar refractivity (Wildman–Crippen MR) is 139 cm³/mol. The van der Waals surface area contributed by atoms with Gasteiger partial charge in [-0.1, -0.05) is 12.1 Å². The van der Waals surface area contributed by atoms with Crippen molar-refractivity contribution in [1.82, 2.24) is 19.6 Å². The number of fused-ring (bicyclic) bond motifs is 4. The third-order valence-corrected chi connectivity index (χ3v) is 6.57. The average Bonchev–Trinajstić information content (AvgIpc) is 3.36. The van der Waals surface area contributed by atoms with Crippen molar-refractivity contribution in [3.05, 3.63) is 83.7 Å². The molecule has 9 nitrogen and oxygen atoms in total. The monoisotopic (exact) mass is 495 g/mol. The van der Waals surface area contributed by atoms with E-state index in [1.54, 1.807) is 37.2 Å². The zero-order valence-electron chi connectivity index (χ0n) is 20.8. The van der Waals surface area contributed by atoms with Crippen LogP contribution in [0.3, 0.4) is 0 Å². The highest BCUT2D eigenvalue weighted by atomic mass is 16.5. The molecule has 6 rings (SSSR count). The summed E-state index contributed by atoms with van der Waals surface area (Å²) < 4.78 is 18.9. The Kier molecular flexibility index (Phi) is 5.33. The van der Waals surface area contributed by atoms with Gasteiger partial charge in [0.2, 0.25) is 5.88 Å². The second kappa shape index (κ2) is 8.70. The van der Waals surface area contributed by atoms with Gasteiger partial charge >= 0.3 is 0 Å². The maximum absolute atomic E-state index is 10.1. The lowest BCUT2D eigenvalue weighted by Crippen LogP contribution is -2.15. The number of methoxy groups -OCH3 is 2. The lowest BCUT2D eigenvalue weighted by Gasteiger charge is -2.28. The molecule has 1 aliphatic rings. The van der Waals surface area contributed by atoms with E-state index in [-0.39, 0.29) is 11.7 Å². The summed E-state index contributed by atoms with van der Waals surface area (Å²) in [4.78, 5) is 11.5. The van der Waals surface area contributed by atoms with Crippen LogP contribution in [0.15, 0.2) is 67.0 Å². The van der Waals surface area contributed by atoms with Crippen LogP contribution in [-0.2, 0) is 0 Å². The van der Waals surface area contributed by atoms with Gasteiger partial charge in [-0.3, -0.25) is 0 Å². The lowest BCUT2D eigenvalue weighted by atomic mass is 9.83. The fourth-order valence-corrected chi connectivity index (χ4v) is 4.71. The number of benzene rings is 3. The van der Waals surface area contributed by atoms with Crippen molar-refractivity contribution < 1.29 is 19.3 Å². The van der Waals surface area contributed by atoms with E-state index in [4.69, 9.17) is 24.3 Å². The minimum atomic E-state index is -0.302. The van der Waals surface area contributed by atoms with Crippen LogP contribution in [-0.4, -0.2) is 53.0 Å². The van der Waals surface area contributed by atoms with Crippen LogP contribution in [0.4, 0.5) is 5.69 Å². The Balaban J connectivity index is 1.56. The van der Waals surface area contributed by atoms with Gasteiger partial charge in [-0.2, -0.15) is 0 Å². The molecule has 0 saturated heterocycles. The smallest absolute Gasteiger partial charge is 0.228 e. The molecule has 3 aromatic carbocycles. The summed E-state index contributed by atoms with van der Waals surface area (Å²) in [7, 11) is 7.22. The van der Waals surface area contributed by atoms with Crippen molar-refractivity contribution in [2.75, 3.05) is 33.2 Å². The van der Waals surface area contributed by atoms with Crippen molar-refractivity contribution in [2.24, 2.45) is 0 Å². The maximum Gasteiger partial charge on any atom is 0.228 e. The van der Waals surface area contributed by atoms with Crippen LogP contribution in [0, 0.1) is 0 Å². The molecule has 0 unspecified atom stereocenters. The minimum absolute atomic E-state index is 0.111. The summed E-state index contributed by atoms with van der Waals surface area (Å²) in [5.41, 5.74) is 5.20. The van der Waals surface area contributed by atoms with Crippen LogP contribution >= 0.6 is 0 Å². The second-order valence-corrected chi connectivity index (χ2v) is 8.98. The van der Waals surface area contributed by atoms with Gasteiger partial charge < -0.3 is 24.2 Å². The van der Waals surface area contributed by atoms with Gasteiger partial charge in [0.05, 0.1) is 19.8 Å². The molecule has 0 bridgehead atoms. The number of anilines is 1. The van der Waals surface area contributed by atoms with E-state index in [2.05, 4.69) is 4.98 Å². The number of aromatic hydroxyl groups is 1. The van der Waals surface area contributed by atoms with Crippen molar-refractivity contribution in [3.63, 3.8) is 0 Å². The Morgan fingerprint density at radius 1 is 0.946 bits per heavy atom. The van der Waals surface area contributed by atoms with E-state index in [1.807, 2.05) is 67.5 Å². The van der Waals surface area contributed by atoms with E-state index in [0.717, 1.165) is 27.9 Å². The number of phenolic OH excluding ortho intramolecular Hbond substituents is 1. The number of hydrogen-bond donors (Lipinski definition) is 1. The molecule has 9 heteroatoms. The van der Waals surface area contributed by atoms with E-state index in [9.17, 15) is 5.11 Å². The molecule has 186 valence electrons. The molecule has 0 aliphatic carbocycles. The third kappa shape index (κ3) is 3.76. The quantitative estimate of drug-likeness (QED) is 0.362. The Morgan fingerprint density at radius 2 is 1.73 bits per heavy atom. The zero-order valence-corrected chi connectivity index (χ0v) is 20.8. The number of nitrogens with zero attached hydrogens (tertiary/aromatic N) is 5. The molecule has 0 fully saturated rings. The molecule has 1 aliphatic heterocycles. The largest absolute Gasteiger partial charge is 0.508 e. The van der Waals surface area contributed by atoms with Gasteiger partial charge in [-0.15, -0.1) is 5.10 Å². The van der Waals surface area contributed by atoms with Crippen molar-refractivity contribution in [2.45, 2.75) is 5.92 Å². The summed E-state index contributed by atoms with van der Waals surface area (Å²) in [6.07, 6.45) is 1.60. The van der Waals surface area contributed by atoms with E-state index in [0.29, 0.717) is 34.6 Å². The normalized spacial score (nSPS) is 14.0. The summed E-state index contributed by atoms with van der Waals surface area (Å²) in [6.45, 7) is 0. The van der Waals surface area contributed by atoms with Gasteiger partial charge in [0.1, 0.15) is 17.8 Å². The third-order valence-electron chi connectivity index (χ3n) is 6.57. The molecule has 37 heavy (non-hydrogen) atoms. The van der Waals surface area contributed by atoms with Gasteiger partial charge in [0.25, 0.3) is 0 Å². The first kappa shape index (κ1) is 22.7. The van der Waals surface area contributed by atoms with Crippen LogP contribution in [0.5, 0.6) is 28.9 Å². The number of hydrogen-bond acceptors (Lipinski definition) is 8. The van der Waals surface area contributed by atoms with Crippen LogP contribution < -0.4 is 19.1 Å². The summed E-state index contributed by atoms with van der Waals surface area (Å²) in [6, 6.07) is 19.0. The molecule has 0 radical (unpaired) electrons. The number of rotatable bonds is 5. The molecule has 1 atom stereocenters. The number of ether oxygens (including phenoxy) is 3. The fourth-order valence-electron chi connectivity index (χ4n) is 4.71. The standard InChI is InChI=1S/C28H25N5O4/c1-32(2)18-8-5-16(6-9-18)26-30-27-25-24(17-7-12-21(35-3)23(13-17)36-4)20-11-10-19(34)14-22(20)37-28(25)29-15-33(27)31-26/h5-15,24,34H,1-4H3/t24-/m1/s1. The first-order chi connectivity index (χ1) is 18.0. The van der Waals surface area contributed by atoms with Gasteiger partial charge in [0, 0.05) is 42.9 Å². The molecule has 3 heterocycles. The molecule has 0 saturated carbocycles. The van der Waals surface area contributed by atoms with E-state index in [1.165, 1.54) is 0 Å². The molecule has 1 N–H and O–H groups in total. The van der Waals surface area contributed by atoms with Crippen LogP contribution in [0.2, 0.25) is 0 Å². The second-order valence-electron chi connectivity index (χ2n) is 8.98. The molecule has 0 spiro atoms. The first-order valence-electron chi connectivity index (χ1n) is 11.7. The van der Waals surface area contributed by atoms with Crippen LogP contribution in [0.25, 0.3) is 17.0 Å². The van der Waals surface area contributed by atoms with Gasteiger partial charge in [-0.05, 0) is 48.0 Å². The lowest BCUT2D eigenvalue weighted by molar-refractivity contribution is 0.354. The fraction of sp³-hybridized carbons (Fsp3) is 0.179. The van der Waals surface area contributed by atoms with Crippen molar-refractivity contribution in [1.29, 1.82) is 0 Å². The van der Waals surface area contributed by atoms with Crippen molar-refractivity contribution >= 4 is 11.3 Å². The number of aromatic nitrogens is 4. The molecular weight excluding hydrogens is 470 g/mol. The molecular formula is C28H25N5O4. The predicted octanol–water partition coefficient (Wildman–Crippen LogP) is 4.87. The highest BCUT2D eigenvalue weighted by Gasteiger charge is 2.34. The van der Waals surface area contributed by atoms with Crippen LogP contribution in [0.1, 0.15) is 22.6 Å². The summed E-state index contributed by atoms with van der Waals surface area (Å²) >= 11 is 0. The molecule has 0 amide bonds. The van der Waals surface area contributed by atoms with Crippen molar-refractivity contribution in [3.8, 4) is 40.3 Å². The molecule has 5 aromatic rings. The minimum Gasteiger partial charge on any atom is -0.508 e. The summed E-state index contributed by atoms with van der Waals surface area (Å²) in [5.74, 6) is 2.57. The highest BCUT2D eigenvalue weighted by Crippen LogP contribution is 2.49. The Labute approximate surface area is 213 Å². The average molecular weight is 496 g/mol. The van der Waals surface area contributed by atoms with E-state index >= 15 is 0 Å². The highest BCUT2D eigenvalue weighted by molar-refractivity contribution is 5.70. The summed E-state index contributed by atoms with van der Waals surface area (Å²) in [5, 5.41) is 14.8. The first-order valence-corrected chi connectivity index (χ1v) is 11.7. The topological polar surface area (TPSA) is 94.2 Å². The van der Waals surface area contributed by atoms with Gasteiger partial charge in [0.15, 0.2) is 23.0 Å². The Hall–Kier alpha value is -4.79. The zero-order chi connectivity index (χ0) is 25.7. The number of phenols is 1. The van der Waals surface area contributed by atoms with Gasteiger partial charge in [-0.25, -0.2) is 14.5 Å². The molecule has 2 aromatic heterocycles. The Morgan fingerprint density at radius 3 is 2.46 bits per heavy atom. The maximum atomic E-state index is 10.1. The Bertz CT molecular complexity index is 1630. The SMILES string of the molecule is COc1ccc([C@@H]2c3ccc(O)cc3Oc3ncn4nc(-c5ccc(N(C)C)cc5)nc4c32)cc1OC.